The van der Waals surface area contributed by atoms with Crippen LogP contribution in [0.1, 0.15) is 61.7 Å². The summed E-state index contributed by atoms with van der Waals surface area (Å²) in [5, 5.41) is 40.3. The number of thioether (sulfide) groups is 1. The third-order valence-corrected chi connectivity index (χ3v) is 12.3. The van der Waals surface area contributed by atoms with Gasteiger partial charge in [-0.1, -0.05) is 6.42 Å². The van der Waals surface area contributed by atoms with Crippen LogP contribution in [0.2, 0.25) is 0 Å². The Bertz CT molecular complexity index is 2180. The number of unbranched alkanes of at least 4 members (excludes halogenated alkanes) is 2. The van der Waals surface area contributed by atoms with Gasteiger partial charge in [0.2, 0.25) is 35.0 Å². The lowest BCUT2D eigenvalue weighted by atomic mass is 10.0. The number of nitrogens with two attached hydrogens (primary N) is 1. The molecule has 24 heteroatoms. The Labute approximate surface area is 396 Å². The van der Waals surface area contributed by atoms with Gasteiger partial charge in [-0.2, -0.15) is 16.5 Å². The molecule has 0 unspecified atom stereocenters. The molecule has 0 saturated carbocycles. The standard InChI is InChI=1S/C44H62N8O15S/c45-36(55)26-48-42(58)29(5-3-4-13-47-43(59)39-33(54)11-10-32-41(39)67-34-25-28(53)8-9-31(34)52(32)61)49-38(57)12-15-62-17-19-64-21-23-66-24-22-65-20-18-63-16-14-46-37(56)7-2-1-6-35-40-30(27-68-35)50-44(60)51-40/h8-11,25,29-30,35,40,54H,1-7,12-24,26-27H2,(H2,45,55)(H,46,56)(H,47,59)(H,48,58)(H,49,57)(H2,50,51,60)/t29-,30-,35-,40-/m0/s1. The molecule has 0 radical (unpaired) electrons. The smallest absolute Gasteiger partial charge is 0.315 e. The summed E-state index contributed by atoms with van der Waals surface area (Å²) in [5.74, 6) is -2.18. The molecule has 68 heavy (non-hydrogen) atoms. The van der Waals surface area contributed by atoms with E-state index in [9.17, 15) is 43.9 Å². The number of rotatable bonds is 33. The zero-order valence-corrected chi connectivity index (χ0v) is 38.7. The number of aromatic hydroxyl groups is 1. The summed E-state index contributed by atoms with van der Waals surface area (Å²) in [6, 6.07) is 5.39. The van der Waals surface area contributed by atoms with Crippen LogP contribution in [0.4, 0.5) is 4.79 Å². The van der Waals surface area contributed by atoms with Gasteiger partial charge < -0.3 is 76.0 Å². The topological polar surface area (TPSA) is 324 Å². The van der Waals surface area contributed by atoms with Crippen molar-refractivity contribution in [1.82, 2.24) is 31.9 Å². The fraction of sp³-hybridized carbons (Fsp3) is 0.591. The van der Waals surface area contributed by atoms with Crippen LogP contribution < -0.4 is 47.8 Å². The van der Waals surface area contributed by atoms with E-state index in [-0.39, 0.29) is 91.3 Å². The Morgan fingerprint density at radius 1 is 0.809 bits per heavy atom. The van der Waals surface area contributed by atoms with Crippen LogP contribution in [0, 0.1) is 5.21 Å². The molecule has 23 nitrogen and oxygen atoms in total. The van der Waals surface area contributed by atoms with Gasteiger partial charge in [0.15, 0.2) is 5.43 Å². The molecule has 9 N–H and O–H groups in total. The lowest BCUT2D eigenvalue weighted by Crippen LogP contribution is -2.48. The molecule has 7 amide bonds. The van der Waals surface area contributed by atoms with Crippen LogP contribution in [0.25, 0.3) is 22.6 Å². The normalized spacial score (nSPS) is 16.8. The van der Waals surface area contributed by atoms with Crippen LogP contribution in [-0.2, 0) is 42.9 Å². The van der Waals surface area contributed by atoms with E-state index in [1.807, 2.05) is 11.8 Å². The van der Waals surface area contributed by atoms with Crippen molar-refractivity contribution in [3.63, 3.8) is 0 Å². The highest BCUT2D eigenvalue weighted by molar-refractivity contribution is 8.00. The van der Waals surface area contributed by atoms with Crippen LogP contribution in [0.15, 0.2) is 39.5 Å². The first kappa shape index (κ1) is 53.2. The van der Waals surface area contributed by atoms with Crippen molar-refractivity contribution in [2.24, 2.45) is 5.73 Å². The Hall–Kier alpha value is -5.79. The number of ether oxygens (including phenoxy) is 5. The minimum absolute atomic E-state index is 0.000323. The van der Waals surface area contributed by atoms with Gasteiger partial charge in [-0.25, -0.2) is 4.79 Å². The second kappa shape index (κ2) is 28.5. The quantitative estimate of drug-likeness (QED) is 0.0126. The molecule has 3 heterocycles. The lowest BCUT2D eigenvalue weighted by molar-refractivity contribution is -0.566. The minimum Gasteiger partial charge on any atom is -0.618 e. The number of nitrogens with zero attached hydrogens (tertiary/aromatic N) is 1. The van der Waals surface area contributed by atoms with Gasteiger partial charge in [0.05, 0.1) is 84.7 Å². The van der Waals surface area contributed by atoms with E-state index in [1.54, 1.807) is 0 Å². The van der Waals surface area contributed by atoms with Crippen LogP contribution in [-0.4, -0.2) is 156 Å². The highest BCUT2D eigenvalue weighted by atomic mass is 32.2. The summed E-state index contributed by atoms with van der Waals surface area (Å²) in [5.41, 5.74) is 4.28. The molecule has 1 aromatic rings. The second-order valence-electron chi connectivity index (χ2n) is 15.9. The number of hydrogen-bond donors (Lipinski definition) is 8. The van der Waals surface area contributed by atoms with E-state index >= 15 is 0 Å². The number of fused-ring (bicyclic) bond motifs is 3. The average molecular weight is 975 g/mol. The van der Waals surface area contributed by atoms with Crippen molar-refractivity contribution in [3.8, 4) is 17.2 Å². The predicted molar refractivity (Wildman–Crippen MR) is 246 cm³/mol. The highest BCUT2D eigenvalue weighted by Crippen LogP contribution is 2.33. The van der Waals surface area contributed by atoms with E-state index in [2.05, 4.69) is 31.9 Å². The molecule has 1 aromatic carbocycles. The van der Waals surface area contributed by atoms with Gasteiger partial charge >= 0.3 is 6.03 Å². The maximum Gasteiger partial charge on any atom is 0.315 e. The Kier molecular flexibility index (Phi) is 22.3. The maximum atomic E-state index is 13.1. The fourth-order valence-corrected chi connectivity index (χ4v) is 8.94. The number of urea groups is 1. The zero-order chi connectivity index (χ0) is 48.7. The third-order valence-electron chi connectivity index (χ3n) is 10.8. The number of benzene rings is 2. The Morgan fingerprint density at radius 2 is 1.50 bits per heavy atom. The second-order valence-corrected chi connectivity index (χ2v) is 17.2. The van der Waals surface area contributed by atoms with E-state index in [0.717, 1.165) is 31.1 Å². The number of phenols is 1. The van der Waals surface area contributed by atoms with Crippen molar-refractivity contribution in [3.05, 3.63) is 51.3 Å². The Balaban J connectivity index is 0.836. The Morgan fingerprint density at radius 3 is 2.21 bits per heavy atom. The number of amides is 7. The molecule has 374 valence electrons. The highest BCUT2D eigenvalue weighted by Gasteiger charge is 2.42. The van der Waals surface area contributed by atoms with E-state index in [1.165, 1.54) is 24.3 Å². The summed E-state index contributed by atoms with van der Waals surface area (Å²) >= 11 is 1.88. The number of hydrogen-bond acceptors (Lipinski definition) is 16. The van der Waals surface area contributed by atoms with Gasteiger partial charge in [0.1, 0.15) is 17.4 Å². The summed E-state index contributed by atoms with van der Waals surface area (Å²) in [6.07, 6.45) is 3.95. The van der Waals surface area contributed by atoms with Crippen molar-refractivity contribution in [2.75, 3.05) is 91.5 Å². The van der Waals surface area contributed by atoms with Gasteiger partial charge in [-0.15, -0.1) is 0 Å². The van der Waals surface area contributed by atoms with Crippen molar-refractivity contribution < 1.29 is 66.7 Å². The number of primary amides is 1. The molecule has 2 fully saturated rings. The number of carbonyl (C=O) groups excluding carboxylic acids is 6. The molecule has 4 aliphatic rings. The van der Waals surface area contributed by atoms with E-state index in [4.69, 9.17) is 33.8 Å². The summed E-state index contributed by atoms with van der Waals surface area (Å²) < 4.78 is 33.7. The monoisotopic (exact) mass is 974 g/mol. The van der Waals surface area contributed by atoms with Gasteiger partial charge in [-0.05, 0) is 44.2 Å². The van der Waals surface area contributed by atoms with Gasteiger partial charge in [-0.3, -0.25) is 28.8 Å². The number of aromatic nitrogens is 1. The summed E-state index contributed by atoms with van der Waals surface area (Å²) in [7, 11) is 0. The van der Waals surface area contributed by atoms with E-state index in [0.29, 0.717) is 82.0 Å². The first-order valence-corrected chi connectivity index (χ1v) is 23.8. The molecular weight excluding hydrogens is 913 g/mol. The molecule has 2 saturated heterocycles. The van der Waals surface area contributed by atoms with Gasteiger partial charge in [0.25, 0.3) is 17.1 Å². The van der Waals surface area contributed by atoms with E-state index < -0.39 is 47.4 Å². The average Bonchev–Trinajstić information content (AvgIpc) is 3.87. The summed E-state index contributed by atoms with van der Waals surface area (Å²) in [4.78, 5) is 85.3. The molecule has 0 spiro atoms. The maximum absolute atomic E-state index is 13.1. The minimum atomic E-state index is -1.02. The van der Waals surface area contributed by atoms with Crippen molar-refractivity contribution >= 4 is 58.4 Å². The van der Waals surface area contributed by atoms with Crippen LogP contribution >= 0.6 is 11.8 Å². The first-order valence-electron chi connectivity index (χ1n) is 22.7. The molecular formula is C44H62N8O15S. The van der Waals surface area contributed by atoms with Gasteiger partial charge in [0, 0.05) is 55.1 Å². The zero-order valence-electron chi connectivity index (χ0n) is 37.8. The van der Waals surface area contributed by atoms with Crippen LogP contribution in [0.3, 0.4) is 0 Å². The number of nitrogens with one attached hydrogen (secondary N) is 6. The number of carbonyl (C=O) groups is 6. The molecule has 0 aromatic heterocycles. The van der Waals surface area contributed by atoms with Crippen LogP contribution in [0.5, 0.6) is 5.75 Å². The summed E-state index contributed by atoms with van der Waals surface area (Å²) in [6.45, 7) is 3.22. The molecule has 4 atom stereocenters. The predicted octanol–water partition coefficient (Wildman–Crippen LogP) is -0.462. The largest absolute Gasteiger partial charge is 0.618 e. The number of phenolic OH excluding ortho intramolecular Hbond substituents is 1. The molecule has 0 bridgehead atoms. The third kappa shape index (κ3) is 17.4. The first-order chi connectivity index (χ1) is 32.9. The fourth-order valence-electron chi connectivity index (χ4n) is 7.40. The molecule has 1 aliphatic carbocycles. The van der Waals surface area contributed by atoms with Crippen molar-refractivity contribution in [1.29, 1.82) is 0 Å². The van der Waals surface area contributed by atoms with Crippen molar-refractivity contribution in [2.45, 2.75) is 74.7 Å². The molecule has 3 aliphatic heterocycles. The lowest BCUT2D eigenvalue weighted by Gasteiger charge is -2.18. The molecule has 5 rings (SSSR count). The SMILES string of the molecule is NC(=O)CNC(=O)[C@H](CCCCNC(=O)c1c(O)ccc2c1oc1cc(=O)ccc-1[n+]2[O-])NC(=O)CCOCCOCCOCCOCCOCCNC(=O)CCCC[C@@H]1SC[C@@H]2NC(=O)N[C@@H]21.